The Bertz CT molecular complexity index is 1060. The molecule has 0 aliphatic rings. The van der Waals surface area contributed by atoms with Crippen LogP contribution < -0.4 is 5.73 Å². The lowest BCUT2D eigenvalue weighted by Crippen LogP contribution is -1.99. The average molecular weight is 366 g/mol. The molecule has 0 spiro atoms. The van der Waals surface area contributed by atoms with Crippen molar-refractivity contribution in [3.05, 3.63) is 96.8 Å². The highest BCUT2D eigenvalue weighted by atomic mass is 14.7. The summed E-state index contributed by atoms with van der Waals surface area (Å²) in [5.74, 6) is 0. The second-order valence-corrected chi connectivity index (χ2v) is 5.71. The smallest absolute Gasteiger partial charge is 0.141 e. The monoisotopic (exact) mass is 366 g/mol. The van der Waals surface area contributed by atoms with Crippen LogP contribution in [0.25, 0.3) is 22.5 Å². The Morgan fingerprint density at radius 1 is 0.714 bits per heavy atom. The molecule has 0 saturated carbocycles. The molecule has 136 valence electrons. The van der Waals surface area contributed by atoms with E-state index in [0.717, 1.165) is 28.2 Å². The van der Waals surface area contributed by atoms with Crippen molar-refractivity contribution < 1.29 is 0 Å². The zero-order chi connectivity index (χ0) is 19.6. The van der Waals surface area contributed by atoms with E-state index in [-0.39, 0.29) is 0 Å². The maximum Gasteiger partial charge on any atom is 0.141 e. The minimum atomic E-state index is 0.410. The van der Waals surface area contributed by atoms with Crippen molar-refractivity contribution >= 4 is 0 Å². The summed E-state index contributed by atoms with van der Waals surface area (Å²) < 4.78 is 0. The Balaban J connectivity index is 0.000000161. The fraction of sp³-hybridized carbons (Fsp3) is 0.0455. The molecule has 4 rings (SSSR count). The number of rotatable bonds is 3. The summed E-state index contributed by atoms with van der Waals surface area (Å²) in [4.78, 5) is 16.5. The molecule has 4 heterocycles. The summed E-state index contributed by atoms with van der Waals surface area (Å²) >= 11 is 0. The van der Waals surface area contributed by atoms with Crippen LogP contribution in [0.4, 0.5) is 0 Å². The van der Waals surface area contributed by atoms with Crippen LogP contribution in [0.15, 0.2) is 85.5 Å². The second-order valence-electron chi connectivity index (χ2n) is 5.71. The highest BCUT2D eigenvalue weighted by Crippen LogP contribution is 2.16. The predicted molar refractivity (Wildman–Crippen MR) is 108 cm³/mol. The third-order valence-electron chi connectivity index (χ3n) is 3.82. The molecule has 28 heavy (non-hydrogen) atoms. The van der Waals surface area contributed by atoms with E-state index in [1.165, 1.54) is 0 Å². The summed E-state index contributed by atoms with van der Waals surface area (Å²) in [5.41, 5.74) is 10.6. The standard InChI is InChI=1S/C11H11N3.C11H7N3/c2*12-8-10-7-9(4-6-13-10)11-3-1-2-5-14-11/h1-7H,8,12H2;1-7H. The van der Waals surface area contributed by atoms with Gasteiger partial charge >= 0.3 is 0 Å². The van der Waals surface area contributed by atoms with Crippen molar-refractivity contribution in [2.75, 3.05) is 0 Å². The molecular weight excluding hydrogens is 348 g/mol. The zero-order valence-electron chi connectivity index (χ0n) is 15.1. The molecule has 0 unspecified atom stereocenters. The molecular formula is C22H18N6. The topological polar surface area (TPSA) is 101 Å². The van der Waals surface area contributed by atoms with E-state index in [9.17, 15) is 0 Å². The Kier molecular flexibility index (Phi) is 6.50. The molecule has 4 aromatic heterocycles. The first-order valence-electron chi connectivity index (χ1n) is 8.64. The van der Waals surface area contributed by atoms with Crippen LogP contribution in [0.5, 0.6) is 0 Å². The Morgan fingerprint density at radius 2 is 1.32 bits per heavy atom. The van der Waals surface area contributed by atoms with Crippen molar-refractivity contribution in [1.29, 1.82) is 5.26 Å². The van der Waals surface area contributed by atoms with Gasteiger partial charge in [0, 0.05) is 42.5 Å². The van der Waals surface area contributed by atoms with Gasteiger partial charge in [-0.05, 0) is 48.5 Å². The molecule has 2 N–H and O–H groups in total. The molecule has 6 nitrogen and oxygen atoms in total. The average Bonchev–Trinajstić information content (AvgIpc) is 2.81. The largest absolute Gasteiger partial charge is 0.325 e. The normalized spacial score (nSPS) is 9.71. The van der Waals surface area contributed by atoms with Crippen molar-refractivity contribution in [3.63, 3.8) is 0 Å². The molecule has 0 saturated heterocycles. The van der Waals surface area contributed by atoms with Crippen LogP contribution in [0.1, 0.15) is 11.4 Å². The Hall–Kier alpha value is -3.95. The molecule has 0 bridgehead atoms. The first kappa shape index (κ1) is 18.8. The number of hydrogen-bond donors (Lipinski definition) is 1. The Morgan fingerprint density at radius 3 is 1.86 bits per heavy atom. The van der Waals surface area contributed by atoms with E-state index < -0.39 is 0 Å². The van der Waals surface area contributed by atoms with E-state index in [0.29, 0.717) is 12.2 Å². The number of nitriles is 1. The lowest BCUT2D eigenvalue weighted by Gasteiger charge is -2.01. The van der Waals surface area contributed by atoms with Crippen molar-refractivity contribution in [2.45, 2.75) is 6.54 Å². The van der Waals surface area contributed by atoms with E-state index in [4.69, 9.17) is 11.0 Å². The highest BCUT2D eigenvalue weighted by molar-refractivity contribution is 5.59. The van der Waals surface area contributed by atoms with Crippen LogP contribution in [0.3, 0.4) is 0 Å². The third-order valence-corrected chi connectivity index (χ3v) is 3.82. The van der Waals surface area contributed by atoms with Gasteiger partial charge in [0.15, 0.2) is 0 Å². The lowest BCUT2D eigenvalue weighted by atomic mass is 10.1. The van der Waals surface area contributed by atoms with E-state index in [1.54, 1.807) is 30.9 Å². The van der Waals surface area contributed by atoms with Crippen molar-refractivity contribution in [2.24, 2.45) is 5.73 Å². The van der Waals surface area contributed by atoms with Gasteiger partial charge in [-0.1, -0.05) is 12.1 Å². The minimum absolute atomic E-state index is 0.410. The highest BCUT2D eigenvalue weighted by Gasteiger charge is 2.00. The van der Waals surface area contributed by atoms with Gasteiger partial charge in [0.25, 0.3) is 0 Å². The maximum atomic E-state index is 8.68. The Labute approximate surface area is 163 Å². The summed E-state index contributed by atoms with van der Waals surface area (Å²) in [6.07, 6.45) is 6.87. The van der Waals surface area contributed by atoms with Crippen LogP contribution in [-0.2, 0) is 6.54 Å². The number of nitrogens with zero attached hydrogens (tertiary/aromatic N) is 5. The van der Waals surface area contributed by atoms with Crippen LogP contribution in [-0.4, -0.2) is 19.9 Å². The molecule has 0 atom stereocenters. The van der Waals surface area contributed by atoms with Gasteiger partial charge in [-0.2, -0.15) is 5.26 Å². The molecule has 0 radical (unpaired) electrons. The number of hydrogen-bond acceptors (Lipinski definition) is 6. The van der Waals surface area contributed by atoms with Crippen LogP contribution >= 0.6 is 0 Å². The molecule has 4 aromatic rings. The number of aromatic nitrogens is 4. The molecule has 6 heteroatoms. The SMILES string of the molecule is N#Cc1cc(-c2ccccn2)ccn1.NCc1cc(-c2ccccn2)ccn1. The van der Waals surface area contributed by atoms with E-state index >= 15 is 0 Å². The van der Waals surface area contributed by atoms with E-state index in [1.807, 2.05) is 60.7 Å². The fourth-order valence-electron chi connectivity index (χ4n) is 2.47. The van der Waals surface area contributed by atoms with Crippen molar-refractivity contribution in [1.82, 2.24) is 19.9 Å². The minimum Gasteiger partial charge on any atom is -0.325 e. The first-order chi connectivity index (χ1) is 13.8. The molecule has 0 aromatic carbocycles. The van der Waals surface area contributed by atoms with Gasteiger partial charge in [-0.3, -0.25) is 15.0 Å². The molecule has 0 amide bonds. The van der Waals surface area contributed by atoms with Gasteiger partial charge in [0.1, 0.15) is 11.8 Å². The maximum absolute atomic E-state index is 8.68. The van der Waals surface area contributed by atoms with Gasteiger partial charge in [0.05, 0.1) is 17.1 Å². The van der Waals surface area contributed by atoms with Gasteiger partial charge < -0.3 is 5.73 Å². The summed E-state index contributed by atoms with van der Waals surface area (Å²) in [6.45, 7) is 0.459. The first-order valence-corrected chi connectivity index (χ1v) is 8.64. The molecule has 0 aliphatic carbocycles. The summed E-state index contributed by atoms with van der Waals surface area (Å²) in [6, 6.07) is 20.9. The quantitative estimate of drug-likeness (QED) is 0.594. The van der Waals surface area contributed by atoms with E-state index in [2.05, 4.69) is 19.9 Å². The van der Waals surface area contributed by atoms with Crippen molar-refractivity contribution in [3.8, 4) is 28.6 Å². The summed E-state index contributed by atoms with van der Waals surface area (Å²) in [7, 11) is 0. The predicted octanol–water partition coefficient (Wildman–Crippen LogP) is 3.62. The van der Waals surface area contributed by atoms with Gasteiger partial charge in [-0.15, -0.1) is 0 Å². The van der Waals surface area contributed by atoms with Crippen LogP contribution in [0, 0.1) is 11.3 Å². The zero-order valence-corrected chi connectivity index (χ0v) is 15.1. The summed E-state index contributed by atoms with van der Waals surface area (Å²) in [5, 5.41) is 8.68. The lowest BCUT2D eigenvalue weighted by molar-refractivity contribution is 0.991. The number of pyridine rings is 4. The third kappa shape index (κ3) is 5.04. The fourth-order valence-corrected chi connectivity index (χ4v) is 2.47. The van der Waals surface area contributed by atoms with Gasteiger partial charge in [0.2, 0.25) is 0 Å². The number of nitrogens with two attached hydrogens (primary N) is 1. The van der Waals surface area contributed by atoms with Gasteiger partial charge in [-0.25, -0.2) is 4.98 Å². The molecule has 0 aliphatic heterocycles. The second kappa shape index (κ2) is 9.67. The molecule has 0 fully saturated rings. The van der Waals surface area contributed by atoms with Crippen LogP contribution in [0.2, 0.25) is 0 Å².